The molecule has 0 aliphatic carbocycles. The highest BCUT2D eigenvalue weighted by molar-refractivity contribution is 6.32. The normalized spacial score (nSPS) is 30.1. The second-order valence-electron chi connectivity index (χ2n) is 5.50. The van der Waals surface area contributed by atoms with Crippen LogP contribution in [0.5, 0.6) is 0 Å². The van der Waals surface area contributed by atoms with Gasteiger partial charge in [0.05, 0.1) is 22.8 Å². The number of aryl methyl sites for hydroxylation is 2. The monoisotopic (exact) mass is 267 g/mol. The maximum absolute atomic E-state index is 12.4. The van der Waals surface area contributed by atoms with Crippen molar-refractivity contribution in [2.45, 2.75) is 44.7 Å². The molecule has 3 atom stereocenters. The Bertz CT molecular complexity index is 497. The molecule has 2 bridgehead atoms. The highest BCUT2D eigenvalue weighted by Gasteiger charge is 2.42. The fourth-order valence-electron chi connectivity index (χ4n) is 3.35. The number of rotatable bonds is 3. The van der Waals surface area contributed by atoms with Crippen molar-refractivity contribution >= 4 is 17.4 Å². The molecule has 3 unspecified atom stereocenters. The van der Waals surface area contributed by atoms with Crippen LogP contribution in [0.2, 0.25) is 5.02 Å². The molecule has 1 aromatic heterocycles. The maximum Gasteiger partial charge on any atom is 0.143 e. The van der Waals surface area contributed by atoms with E-state index >= 15 is 0 Å². The Labute approximate surface area is 112 Å². The molecule has 2 saturated heterocycles. The number of ketones is 1. The second kappa shape index (κ2) is 4.35. The molecule has 1 N–H and O–H groups in total. The van der Waals surface area contributed by atoms with Gasteiger partial charge in [0.15, 0.2) is 0 Å². The third kappa shape index (κ3) is 1.88. The predicted molar refractivity (Wildman–Crippen MR) is 69.7 cm³/mol. The summed E-state index contributed by atoms with van der Waals surface area (Å²) in [6.45, 7) is 1.87. The second-order valence-corrected chi connectivity index (χ2v) is 5.88. The molecule has 2 aliphatic heterocycles. The summed E-state index contributed by atoms with van der Waals surface area (Å²) in [6.07, 6.45) is 3.77. The van der Waals surface area contributed by atoms with Crippen molar-refractivity contribution in [3.63, 3.8) is 0 Å². The number of fused-ring (bicyclic) bond motifs is 2. The van der Waals surface area contributed by atoms with Crippen molar-refractivity contribution in [3.8, 4) is 0 Å². The molecular weight excluding hydrogens is 250 g/mol. The highest BCUT2D eigenvalue weighted by atomic mass is 35.5. The van der Waals surface area contributed by atoms with Crippen LogP contribution < -0.4 is 5.32 Å². The predicted octanol–water partition coefficient (Wildman–Crippen LogP) is 1.63. The molecule has 2 aliphatic rings. The average molecular weight is 268 g/mol. The van der Waals surface area contributed by atoms with Crippen LogP contribution in [0.4, 0.5) is 0 Å². The van der Waals surface area contributed by atoms with E-state index in [1.165, 1.54) is 6.42 Å². The standard InChI is InChI=1S/C13H18ClN3O/c1-7-13(14)11(17(2)16-7)6-12(18)9-5-8-3-4-10(9)15-8/h8-10,15H,3-6H2,1-2H3. The van der Waals surface area contributed by atoms with E-state index in [9.17, 15) is 4.79 Å². The lowest BCUT2D eigenvalue weighted by Gasteiger charge is -2.18. The van der Waals surface area contributed by atoms with Gasteiger partial charge in [-0.2, -0.15) is 5.10 Å². The topological polar surface area (TPSA) is 46.9 Å². The lowest BCUT2D eigenvalue weighted by atomic mass is 9.84. The van der Waals surface area contributed by atoms with Gasteiger partial charge in [0.1, 0.15) is 5.78 Å². The number of Topliss-reactive ketones (excluding diaryl/α,β-unsaturated/α-hetero) is 1. The van der Waals surface area contributed by atoms with E-state index in [0.717, 1.165) is 24.2 Å². The summed E-state index contributed by atoms with van der Waals surface area (Å²) in [4.78, 5) is 12.4. The van der Waals surface area contributed by atoms with Gasteiger partial charge in [-0.3, -0.25) is 9.48 Å². The van der Waals surface area contributed by atoms with Crippen molar-refractivity contribution in [1.29, 1.82) is 0 Å². The Kier molecular flexibility index (Phi) is 2.94. The van der Waals surface area contributed by atoms with Crippen LogP contribution in [-0.2, 0) is 18.3 Å². The zero-order valence-electron chi connectivity index (χ0n) is 10.7. The van der Waals surface area contributed by atoms with Gasteiger partial charge in [-0.25, -0.2) is 0 Å². The highest BCUT2D eigenvalue weighted by Crippen LogP contribution is 2.34. The Morgan fingerprint density at radius 3 is 2.83 bits per heavy atom. The number of nitrogens with zero attached hydrogens (tertiary/aromatic N) is 2. The molecule has 0 saturated carbocycles. The van der Waals surface area contributed by atoms with E-state index in [-0.39, 0.29) is 5.92 Å². The minimum Gasteiger partial charge on any atom is -0.310 e. The zero-order chi connectivity index (χ0) is 12.9. The Hall–Kier alpha value is -0.870. The molecule has 2 fully saturated rings. The minimum absolute atomic E-state index is 0.176. The van der Waals surface area contributed by atoms with E-state index in [0.29, 0.717) is 29.3 Å². The SMILES string of the molecule is Cc1nn(C)c(CC(=O)C2CC3CCC2N3)c1Cl. The van der Waals surface area contributed by atoms with E-state index in [2.05, 4.69) is 10.4 Å². The number of halogens is 1. The van der Waals surface area contributed by atoms with E-state index in [4.69, 9.17) is 11.6 Å². The Morgan fingerprint density at radius 2 is 2.33 bits per heavy atom. The van der Waals surface area contributed by atoms with Crippen molar-refractivity contribution < 1.29 is 4.79 Å². The Morgan fingerprint density at radius 1 is 1.56 bits per heavy atom. The summed E-state index contributed by atoms with van der Waals surface area (Å²) >= 11 is 6.19. The summed E-state index contributed by atoms with van der Waals surface area (Å²) in [5.41, 5.74) is 1.65. The first-order valence-electron chi connectivity index (χ1n) is 6.53. The van der Waals surface area contributed by atoms with Crippen molar-refractivity contribution in [2.24, 2.45) is 13.0 Å². The number of nitrogens with one attached hydrogen (secondary N) is 1. The van der Waals surface area contributed by atoms with Crippen LogP contribution in [0.3, 0.4) is 0 Å². The van der Waals surface area contributed by atoms with Gasteiger partial charge in [-0.15, -0.1) is 0 Å². The summed E-state index contributed by atoms with van der Waals surface area (Å²) in [5, 5.41) is 8.40. The van der Waals surface area contributed by atoms with Crippen LogP contribution in [0.1, 0.15) is 30.7 Å². The van der Waals surface area contributed by atoms with Crippen LogP contribution in [-0.4, -0.2) is 27.6 Å². The minimum atomic E-state index is 0.176. The summed E-state index contributed by atoms with van der Waals surface area (Å²) < 4.78 is 1.73. The molecule has 0 aromatic carbocycles. The molecule has 0 amide bonds. The number of carbonyl (C=O) groups is 1. The van der Waals surface area contributed by atoms with Crippen molar-refractivity contribution in [1.82, 2.24) is 15.1 Å². The van der Waals surface area contributed by atoms with Crippen molar-refractivity contribution in [2.75, 3.05) is 0 Å². The van der Waals surface area contributed by atoms with Crippen molar-refractivity contribution in [3.05, 3.63) is 16.4 Å². The van der Waals surface area contributed by atoms with Gasteiger partial charge in [0, 0.05) is 25.0 Å². The van der Waals surface area contributed by atoms with Crippen LogP contribution in [0, 0.1) is 12.8 Å². The fourth-order valence-corrected chi connectivity index (χ4v) is 3.58. The van der Waals surface area contributed by atoms with E-state index in [1.807, 2.05) is 14.0 Å². The van der Waals surface area contributed by atoms with Gasteiger partial charge < -0.3 is 5.32 Å². The van der Waals surface area contributed by atoms with Gasteiger partial charge >= 0.3 is 0 Å². The molecule has 0 spiro atoms. The zero-order valence-corrected chi connectivity index (χ0v) is 11.5. The maximum atomic E-state index is 12.4. The lowest BCUT2D eigenvalue weighted by molar-refractivity contribution is -0.122. The van der Waals surface area contributed by atoms with Gasteiger partial charge in [0.2, 0.25) is 0 Å². The number of carbonyl (C=O) groups excluding carboxylic acids is 1. The summed E-state index contributed by atoms with van der Waals surface area (Å²) in [5.74, 6) is 0.481. The molecule has 1 aromatic rings. The molecule has 4 nitrogen and oxygen atoms in total. The third-order valence-corrected chi connectivity index (χ3v) is 4.81. The van der Waals surface area contributed by atoms with E-state index in [1.54, 1.807) is 4.68 Å². The number of hydrogen-bond donors (Lipinski definition) is 1. The summed E-state index contributed by atoms with van der Waals surface area (Å²) in [7, 11) is 1.85. The number of aromatic nitrogens is 2. The van der Waals surface area contributed by atoms with Gasteiger partial charge in [-0.05, 0) is 26.2 Å². The molecule has 18 heavy (non-hydrogen) atoms. The first kappa shape index (κ1) is 12.2. The average Bonchev–Trinajstić information content (AvgIpc) is 3.00. The largest absolute Gasteiger partial charge is 0.310 e. The third-order valence-electron chi connectivity index (χ3n) is 4.32. The molecule has 3 heterocycles. The summed E-state index contributed by atoms with van der Waals surface area (Å²) in [6, 6.07) is 0.961. The fraction of sp³-hybridized carbons (Fsp3) is 0.692. The number of hydrogen-bond acceptors (Lipinski definition) is 3. The van der Waals surface area contributed by atoms with Crippen LogP contribution in [0.15, 0.2) is 0 Å². The van der Waals surface area contributed by atoms with Crippen LogP contribution >= 0.6 is 11.6 Å². The molecular formula is C13H18ClN3O. The van der Waals surface area contributed by atoms with Gasteiger partial charge in [0.25, 0.3) is 0 Å². The molecule has 5 heteroatoms. The molecule has 0 radical (unpaired) electrons. The molecule has 98 valence electrons. The van der Waals surface area contributed by atoms with Crippen LogP contribution in [0.25, 0.3) is 0 Å². The first-order chi connectivity index (χ1) is 8.56. The molecule has 3 rings (SSSR count). The Balaban J connectivity index is 1.75. The smallest absolute Gasteiger partial charge is 0.143 e. The first-order valence-corrected chi connectivity index (χ1v) is 6.90. The quantitative estimate of drug-likeness (QED) is 0.906. The van der Waals surface area contributed by atoms with E-state index < -0.39 is 0 Å². The van der Waals surface area contributed by atoms with Gasteiger partial charge in [-0.1, -0.05) is 11.6 Å². The lowest BCUT2D eigenvalue weighted by Crippen LogP contribution is -2.30.